The number of nitro groups is 1. The van der Waals surface area contributed by atoms with Crippen molar-refractivity contribution < 1.29 is 19.9 Å². The van der Waals surface area contributed by atoms with Crippen LogP contribution in [-0.4, -0.2) is 25.7 Å². The van der Waals surface area contributed by atoms with Gasteiger partial charge in [-0.2, -0.15) is 0 Å². The third-order valence-corrected chi connectivity index (χ3v) is 2.07. The SMILES string of the molecule is CC(O)c1c([N+](=O)[O-])cc(C(=O)O)n1C. The van der Waals surface area contributed by atoms with Crippen molar-refractivity contribution in [1.29, 1.82) is 0 Å². The van der Waals surface area contributed by atoms with Gasteiger partial charge in [0.2, 0.25) is 0 Å². The summed E-state index contributed by atoms with van der Waals surface area (Å²) in [6.07, 6.45) is -1.09. The third kappa shape index (κ3) is 1.82. The van der Waals surface area contributed by atoms with Gasteiger partial charge >= 0.3 is 5.97 Å². The molecule has 0 amide bonds. The lowest BCUT2D eigenvalue weighted by Gasteiger charge is -2.06. The van der Waals surface area contributed by atoms with Gasteiger partial charge in [0.25, 0.3) is 5.69 Å². The number of carbonyl (C=O) groups is 1. The number of rotatable bonds is 3. The summed E-state index contributed by atoms with van der Waals surface area (Å²) >= 11 is 0. The van der Waals surface area contributed by atoms with Crippen molar-refractivity contribution in [2.24, 2.45) is 7.05 Å². The molecule has 0 spiro atoms. The van der Waals surface area contributed by atoms with Crippen molar-refractivity contribution in [2.45, 2.75) is 13.0 Å². The fraction of sp³-hybridized carbons (Fsp3) is 0.375. The molecule has 7 heteroatoms. The maximum Gasteiger partial charge on any atom is 0.352 e. The predicted octanol–water partition coefficient (Wildman–Crippen LogP) is 0.685. The van der Waals surface area contributed by atoms with E-state index in [1.54, 1.807) is 0 Å². The summed E-state index contributed by atoms with van der Waals surface area (Å²) in [4.78, 5) is 20.6. The monoisotopic (exact) mass is 214 g/mol. The van der Waals surface area contributed by atoms with Crippen LogP contribution >= 0.6 is 0 Å². The first-order chi connectivity index (χ1) is 6.86. The maximum absolute atomic E-state index is 10.7. The molecule has 7 nitrogen and oxygen atoms in total. The Morgan fingerprint density at radius 3 is 2.47 bits per heavy atom. The number of hydrogen-bond acceptors (Lipinski definition) is 4. The summed E-state index contributed by atoms with van der Waals surface area (Å²) in [6.45, 7) is 1.34. The van der Waals surface area contributed by atoms with Crippen LogP contribution < -0.4 is 0 Å². The standard InChI is InChI=1S/C8H10N2O5/c1-4(11)7-5(10(14)15)3-6(8(12)13)9(7)2/h3-4,11H,1-2H3,(H,12,13). The molecule has 0 aliphatic carbocycles. The van der Waals surface area contributed by atoms with Crippen LogP contribution in [0.4, 0.5) is 5.69 Å². The molecule has 0 bridgehead atoms. The van der Waals surface area contributed by atoms with Gasteiger partial charge in [0.15, 0.2) is 0 Å². The van der Waals surface area contributed by atoms with Crippen molar-refractivity contribution in [1.82, 2.24) is 4.57 Å². The number of nitrogens with zero attached hydrogens (tertiary/aromatic N) is 2. The Morgan fingerprint density at radius 1 is 1.67 bits per heavy atom. The molecule has 0 radical (unpaired) electrons. The largest absolute Gasteiger partial charge is 0.477 e. The highest BCUT2D eigenvalue weighted by atomic mass is 16.6. The summed E-state index contributed by atoms with van der Waals surface area (Å²) < 4.78 is 1.10. The molecule has 0 aliphatic heterocycles. The fourth-order valence-electron chi connectivity index (χ4n) is 1.45. The lowest BCUT2D eigenvalue weighted by molar-refractivity contribution is -0.386. The summed E-state index contributed by atoms with van der Waals surface area (Å²) in [5.41, 5.74) is -0.625. The van der Waals surface area contributed by atoms with E-state index in [0.29, 0.717) is 0 Å². The van der Waals surface area contributed by atoms with Crippen molar-refractivity contribution in [3.63, 3.8) is 0 Å². The van der Waals surface area contributed by atoms with Crippen molar-refractivity contribution in [3.8, 4) is 0 Å². The summed E-state index contributed by atoms with van der Waals surface area (Å²) in [5.74, 6) is -1.27. The molecule has 1 aromatic heterocycles. The quantitative estimate of drug-likeness (QED) is 0.568. The van der Waals surface area contributed by atoms with E-state index < -0.39 is 17.0 Å². The zero-order valence-electron chi connectivity index (χ0n) is 8.17. The molecule has 1 unspecified atom stereocenters. The van der Waals surface area contributed by atoms with E-state index in [1.807, 2.05) is 0 Å². The number of hydrogen-bond donors (Lipinski definition) is 2. The van der Waals surface area contributed by atoms with Crippen LogP contribution in [0.25, 0.3) is 0 Å². The third-order valence-electron chi connectivity index (χ3n) is 2.07. The van der Waals surface area contributed by atoms with E-state index >= 15 is 0 Å². The van der Waals surface area contributed by atoms with Gasteiger partial charge in [-0.15, -0.1) is 0 Å². The Morgan fingerprint density at radius 2 is 2.20 bits per heavy atom. The van der Waals surface area contributed by atoms with E-state index in [0.717, 1.165) is 10.6 Å². The Labute approximate surface area is 84.7 Å². The van der Waals surface area contributed by atoms with Crippen molar-refractivity contribution in [3.05, 3.63) is 27.6 Å². The average Bonchev–Trinajstić information content (AvgIpc) is 2.42. The van der Waals surface area contributed by atoms with Crippen LogP contribution in [0.2, 0.25) is 0 Å². The lowest BCUT2D eigenvalue weighted by atomic mass is 10.2. The number of aliphatic hydroxyl groups excluding tert-OH is 1. The molecule has 0 aliphatic rings. The molecule has 1 aromatic rings. The lowest BCUT2D eigenvalue weighted by Crippen LogP contribution is -2.09. The minimum absolute atomic E-state index is 0.0163. The number of carboxylic acids is 1. The minimum atomic E-state index is -1.27. The van der Waals surface area contributed by atoms with Gasteiger partial charge < -0.3 is 14.8 Å². The van der Waals surface area contributed by atoms with Crippen molar-refractivity contribution in [2.75, 3.05) is 0 Å². The summed E-state index contributed by atoms with van der Waals surface area (Å²) in [7, 11) is 1.36. The van der Waals surface area contributed by atoms with Crippen LogP contribution in [-0.2, 0) is 7.05 Å². The van der Waals surface area contributed by atoms with E-state index in [-0.39, 0.29) is 17.1 Å². The van der Waals surface area contributed by atoms with Crippen LogP contribution in [0.5, 0.6) is 0 Å². The van der Waals surface area contributed by atoms with Crippen LogP contribution in [0.15, 0.2) is 6.07 Å². The summed E-state index contributed by atoms with van der Waals surface area (Å²) in [6, 6.07) is 0.935. The molecule has 0 aromatic carbocycles. The van der Waals surface area contributed by atoms with E-state index in [9.17, 15) is 20.0 Å². The van der Waals surface area contributed by atoms with E-state index in [4.69, 9.17) is 5.11 Å². The van der Waals surface area contributed by atoms with Gasteiger partial charge in [-0.05, 0) is 6.92 Å². The number of carboxylic acid groups (broad SMARTS) is 1. The Kier molecular flexibility index (Phi) is 2.76. The Hall–Kier alpha value is -1.89. The number of aromatic carboxylic acids is 1. The molecule has 0 saturated carbocycles. The Bertz CT molecular complexity index is 421. The fourth-order valence-corrected chi connectivity index (χ4v) is 1.45. The van der Waals surface area contributed by atoms with E-state index in [2.05, 4.69) is 0 Å². The molecule has 0 saturated heterocycles. The normalized spacial score (nSPS) is 12.5. The molecule has 1 rings (SSSR count). The van der Waals surface area contributed by atoms with Crippen molar-refractivity contribution >= 4 is 11.7 Å². The molecule has 2 N–H and O–H groups in total. The topological polar surface area (TPSA) is 106 Å². The van der Waals surface area contributed by atoms with Gasteiger partial charge in [-0.25, -0.2) is 4.79 Å². The van der Waals surface area contributed by atoms with Gasteiger partial charge in [0.05, 0.1) is 11.0 Å². The average molecular weight is 214 g/mol. The van der Waals surface area contributed by atoms with Gasteiger partial charge in [0, 0.05) is 13.1 Å². The number of aromatic nitrogens is 1. The second-order valence-corrected chi connectivity index (χ2v) is 3.10. The Balaban J connectivity index is 3.46. The first kappa shape index (κ1) is 11.2. The highest BCUT2D eigenvalue weighted by molar-refractivity contribution is 5.87. The van der Waals surface area contributed by atoms with Gasteiger partial charge in [0.1, 0.15) is 11.4 Å². The molecular weight excluding hydrogens is 204 g/mol. The minimum Gasteiger partial charge on any atom is -0.477 e. The zero-order valence-corrected chi connectivity index (χ0v) is 8.17. The number of aliphatic hydroxyl groups is 1. The van der Waals surface area contributed by atoms with Gasteiger partial charge in [-0.3, -0.25) is 10.1 Å². The highest BCUT2D eigenvalue weighted by Crippen LogP contribution is 2.28. The van der Waals surface area contributed by atoms with Crippen LogP contribution in [0.1, 0.15) is 29.2 Å². The molecule has 1 atom stereocenters. The second-order valence-electron chi connectivity index (χ2n) is 3.10. The second kappa shape index (κ2) is 3.70. The highest BCUT2D eigenvalue weighted by Gasteiger charge is 2.27. The molecule has 82 valence electrons. The molecule has 0 fully saturated rings. The summed E-state index contributed by atoms with van der Waals surface area (Å²) in [5, 5.41) is 28.7. The van der Waals surface area contributed by atoms with Gasteiger partial charge in [-0.1, -0.05) is 0 Å². The molecular formula is C8H10N2O5. The smallest absolute Gasteiger partial charge is 0.352 e. The first-order valence-corrected chi connectivity index (χ1v) is 4.11. The predicted molar refractivity (Wildman–Crippen MR) is 49.7 cm³/mol. The van der Waals surface area contributed by atoms with Crippen LogP contribution in [0.3, 0.4) is 0 Å². The van der Waals surface area contributed by atoms with E-state index in [1.165, 1.54) is 14.0 Å². The molecule has 15 heavy (non-hydrogen) atoms. The van der Waals surface area contributed by atoms with Crippen LogP contribution in [0, 0.1) is 10.1 Å². The first-order valence-electron chi connectivity index (χ1n) is 4.11. The molecule has 1 heterocycles. The maximum atomic E-state index is 10.7. The zero-order chi connectivity index (χ0) is 11.7.